The number of nitrogens with zero attached hydrogens (tertiary/aromatic N) is 1. The predicted octanol–water partition coefficient (Wildman–Crippen LogP) is 3.18. The predicted molar refractivity (Wildman–Crippen MR) is 102 cm³/mol. The van der Waals surface area contributed by atoms with Crippen molar-refractivity contribution in [3.8, 4) is 5.75 Å². The van der Waals surface area contributed by atoms with E-state index in [0.717, 1.165) is 50.3 Å². The Morgan fingerprint density at radius 1 is 1.04 bits per heavy atom. The van der Waals surface area contributed by atoms with E-state index in [9.17, 15) is 5.11 Å². The number of likely N-dealkylation sites (tertiary alicyclic amines) is 1. The molecule has 1 heterocycles. The molecule has 0 amide bonds. The summed E-state index contributed by atoms with van der Waals surface area (Å²) in [6.07, 6.45) is 2.66. The lowest BCUT2D eigenvalue weighted by molar-refractivity contribution is -0.00973. The van der Waals surface area contributed by atoms with Crippen LogP contribution >= 0.6 is 0 Å². The maximum Gasteiger partial charge on any atom is 0.141 e. The lowest BCUT2D eigenvalue weighted by atomic mass is 9.91. The van der Waals surface area contributed by atoms with Crippen LogP contribution in [0.3, 0.4) is 0 Å². The molecule has 2 aromatic rings. The van der Waals surface area contributed by atoms with Crippen molar-refractivity contribution in [1.29, 1.82) is 0 Å². The Bertz CT molecular complexity index is 652. The Morgan fingerprint density at radius 2 is 1.72 bits per heavy atom. The molecule has 0 spiro atoms. The molecule has 0 saturated carbocycles. The SMILES string of the molecule is COc1ccccc1NCC1(O)CCN(CCc2ccccc2)CC1. The fourth-order valence-electron chi connectivity index (χ4n) is 3.35. The van der Waals surface area contributed by atoms with Crippen LogP contribution in [0.5, 0.6) is 5.75 Å². The third kappa shape index (κ3) is 4.97. The second-order valence-corrected chi connectivity index (χ2v) is 6.86. The van der Waals surface area contributed by atoms with E-state index in [2.05, 4.69) is 40.5 Å². The molecule has 1 saturated heterocycles. The van der Waals surface area contributed by atoms with Crippen LogP contribution in [-0.2, 0) is 6.42 Å². The van der Waals surface area contributed by atoms with Crippen LogP contribution < -0.4 is 10.1 Å². The molecule has 4 heteroatoms. The van der Waals surface area contributed by atoms with Gasteiger partial charge in [0, 0.05) is 26.2 Å². The molecule has 3 rings (SSSR count). The van der Waals surface area contributed by atoms with Gasteiger partial charge in [0.25, 0.3) is 0 Å². The molecule has 0 aromatic heterocycles. The summed E-state index contributed by atoms with van der Waals surface area (Å²) in [4.78, 5) is 2.45. The number of anilines is 1. The molecule has 0 atom stereocenters. The summed E-state index contributed by atoms with van der Waals surface area (Å²) in [5, 5.41) is 14.2. The summed E-state index contributed by atoms with van der Waals surface area (Å²) in [6.45, 7) is 3.49. The smallest absolute Gasteiger partial charge is 0.141 e. The average Bonchev–Trinajstić information content (AvgIpc) is 2.67. The second kappa shape index (κ2) is 8.37. The van der Waals surface area contributed by atoms with Gasteiger partial charge in [0.15, 0.2) is 0 Å². The number of nitrogens with one attached hydrogen (secondary N) is 1. The monoisotopic (exact) mass is 340 g/mol. The van der Waals surface area contributed by atoms with Crippen molar-refractivity contribution in [1.82, 2.24) is 4.90 Å². The lowest BCUT2D eigenvalue weighted by Crippen LogP contribution is -2.48. The molecular formula is C21H28N2O2. The van der Waals surface area contributed by atoms with Gasteiger partial charge in [-0.25, -0.2) is 0 Å². The molecular weight excluding hydrogens is 312 g/mol. The van der Waals surface area contributed by atoms with Gasteiger partial charge in [-0.05, 0) is 37.0 Å². The Kier molecular flexibility index (Phi) is 5.95. The van der Waals surface area contributed by atoms with Crippen LogP contribution in [0.4, 0.5) is 5.69 Å². The third-order valence-electron chi connectivity index (χ3n) is 5.06. The van der Waals surface area contributed by atoms with Gasteiger partial charge in [0.05, 0.1) is 18.4 Å². The number of rotatable bonds is 7. The summed E-state index contributed by atoms with van der Waals surface area (Å²) in [7, 11) is 1.67. The summed E-state index contributed by atoms with van der Waals surface area (Å²) in [6, 6.07) is 18.4. The van der Waals surface area contributed by atoms with Crippen LogP contribution in [0.2, 0.25) is 0 Å². The van der Waals surface area contributed by atoms with Gasteiger partial charge in [0.1, 0.15) is 5.75 Å². The van der Waals surface area contributed by atoms with Crippen molar-refractivity contribution in [2.75, 3.05) is 38.6 Å². The minimum atomic E-state index is -0.649. The number of ether oxygens (including phenoxy) is 1. The van der Waals surface area contributed by atoms with E-state index in [1.807, 2.05) is 24.3 Å². The van der Waals surface area contributed by atoms with Crippen LogP contribution in [0.25, 0.3) is 0 Å². The molecule has 25 heavy (non-hydrogen) atoms. The van der Waals surface area contributed by atoms with Crippen LogP contribution in [0.15, 0.2) is 54.6 Å². The Balaban J connectivity index is 1.45. The van der Waals surface area contributed by atoms with Gasteiger partial charge in [-0.3, -0.25) is 0 Å². The van der Waals surface area contributed by atoms with E-state index in [1.54, 1.807) is 7.11 Å². The topological polar surface area (TPSA) is 44.7 Å². The zero-order valence-electron chi connectivity index (χ0n) is 14.9. The Labute approximate surface area is 150 Å². The van der Waals surface area contributed by atoms with E-state index in [4.69, 9.17) is 4.74 Å². The minimum absolute atomic E-state index is 0.555. The van der Waals surface area contributed by atoms with Gasteiger partial charge in [-0.1, -0.05) is 42.5 Å². The highest BCUT2D eigenvalue weighted by Gasteiger charge is 2.32. The highest BCUT2D eigenvalue weighted by molar-refractivity contribution is 5.56. The van der Waals surface area contributed by atoms with Crippen LogP contribution in [-0.4, -0.2) is 48.9 Å². The molecule has 134 valence electrons. The first-order valence-corrected chi connectivity index (χ1v) is 9.04. The van der Waals surface area contributed by atoms with Crippen LogP contribution in [0.1, 0.15) is 18.4 Å². The van der Waals surface area contributed by atoms with Crippen molar-refractivity contribution in [2.45, 2.75) is 24.9 Å². The molecule has 1 aliphatic heterocycles. The third-order valence-corrected chi connectivity index (χ3v) is 5.06. The number of piperidine rings is 1. The summed E-state index contributed by atoms with van der Waals surface area (Å²) in [5.41, 5.74) is 1.66. The fraction of sp³-hybridized carbons (Fsp3) is 0.429. The zero-order valence-corrected chi connectivity index (χ0v) is 14.9. The van der Waals surface area contributed by atoms with Crippen molar-refractivity contribution in [3.05, 3.63) is 60.2 Å². The van der Waals surface area contributed by atoms with E-state index in [0.29, 0.717) is 6.54 Å². The van der Waals surface area contributed by atoms with E-state index >= 15 is 0 Å². The lowest BCUT2D eigenvalue weighted by Gasteiger charge is -2.38. The Morgan fingerprint density at radius 3 is 2.44 bits per heavy atom. The number of para-hydroxylation sites is 2. The number of benzene rings is 2. The van der Waals surface area contributed by atoms with Crippen LogP contribution in [0, 0.1) is 0 Å². The van der Waals surface area contributed by atoms with Gasteiger partial charge >= 0.3 is 0 Å². The largest absolute Gasteiger partial charge is 0.495 e. The standard InChI is InChI=1S/C21H28N2O2/c1-25-20-10-6-5-9-19(20)22-17-21(24)12-15-23(16-13-21)14-11-18-7-3-2-4-8-18/h2-10,22,24H,11-17H2,1H3. The van der Waals surface area contributed by atoms with Gasteiger partial charge < -0.3 is 20.1 Å². The minimum Gasteiger partial charge on any atom is -0.495 e. The normalized spacial score (nSPS) is 17.2. The first-order valence-electron chi connectivity index (χ1n) is 9.04. The second-order valence-electron chi connectivity index (χ2n) is 6.86. The van der Waals surface area contributed by atoms with Crippen molar-refractivity contribution in [2.24, 2.45) is 0 Å². The zero-order chi connectivity index (χ0) is 17.5. The number of methoxy groups -OCH3 is 1. The number of aliphatic hydroxyl groups is 1. The summed E-state index contributed by atoms with van der Waals surface area (Å²) >= 11 is 0. The van der Waals surface area contributed by atoms with E-state index in [1.165, 1.54) is 5.56 Å². The summed E-state index contributed by atoms with van der Waals surface area (Å²) in [5.74, 6) is 0.811. The van der Waals surface area contributed by atoms with Crippen molar-refractivity contribution < 1.29 is 9.84 Å². The molecule has 0 radical (unpaired) electrons. The highest BCUT2D eigenvalue weighted by atomic mass is 16.5. The van der Waals surface area contributed by atoms with Crippen molar-refractivity contribution in [3.63, 3.8) is 0 Å². The van der Waals surface area contributed by atoms with E-state index in [-0.39, 0.29) is 0 Å². The molecule has 1 fully saturated rings. The quantitative estimate of drug-likeness (QED) is 0.813. The fourth-order valence-corrected chi connectivity index (χ4v) is 3.35. The maximum absolute atomic E-state index is 10.9. The molecule has 2 aromatic carbocycles. The molecule has 4 nitrogen and oxygen atoms in total. The van der Waals surface area contributed by atoms with Gasteiger partial charge in [-0.2, -0.15) is 0 Å². The molecule has 0 unspecified atom stereocenters. The molecule has 1 aliphatic rings. The molecule has 0 aliphatic carbocycles. The van der Waals surface area contributed by atoms with Gasteiger partial charge in [0.2, 0.25) is 0 Å². The average molecular weight is 340 g/mol. The number of hydrogen-bond donors (Lipinski definition) is 2. The first-order chi connectivity index (χ1) is 12.2. The molecule has 0 bridgehead atoms. The van der Waals surface area contributed by atoms with E-state index < -0.39 is 5.60 Å². The van der Waals surface area contributed by atoms with Gasteiger partial charge in [-0.15, -0.1) is 0 Å². The number of hydrogen-bond acceptors (Lipinski definition) is 4. The Hall–Kier alpha value is -2.04. The maximum atomic E-state index is 10.9. The molecule has 2 N–H and O–H groups in total. The summed E-state index contributed by atoms with van der Waals surface area (Å²) < 4.78 is 5.36. The first kappa shape index (κ1) is 17.8. The van der Waals surface area contributed by atoms with Crippen molar-refractivity contribution >= 4 is 5.69 Å². The highest BCUT2D eigenvalue weighted by Crippen LogP contribution is 2.27.